The summed E-state index contributed by atoms with van der Waals surface area (Å²) >= 11 is 1.61. The lowest BCUT2D eigenvalue weighted by Gasteiger charge is -2.10. The molecule has 3 rings (SSSR count). The first-order chi connectivity index (χ1) is 13.5. The van der Waals surface area contributed by atoms with Gasteiger partial charge in [0.25, 0.3) is 0 Å². The third kappa shape index (κ3) is 5.26. The molecule has 0 spiro atoms. The van der Waals surface area contributed by atoms with Gasteiger partial charge < -0.3 is 14.8 Å². The van der Waals surface area contributed by atoms with Gasteiger partial charge in [-0.15, -0.1) is 11.3 Å². The number of hydrogen-bond donors (Lipinski definition) is 1. The summed E-state index contributed by atoms with van der Waals surface area (Å²) in [7, 11) is 1.36. The molecule has 0 aliphatic heterocycles. The zero-order valence-corrected chi connectivity index (χ0v) is 15.8. The number of amides is 1. The maximum absolute atomic E-state index is 12.3. The molecule has 2 aromatic carbocycles. The number of rotatable bonds is 8. The van der Waals surface area contributed by atoms with E-state index in [2.05, 4.69) is 15.0 Å². The Labute approximate surface area is 164 Å². The average Bonchev–Trinajstić information content (AvgIpc) is 3.09. The summed E-state index contributed by atoms with van der Waals surface area (Å²) < 4.78 is 35.2. The average molecular weight is 404 g/mol. The van der Waals surface area contributed by atoms with Crippen molar-refractivity contribution in [2.75, 3.05) is 13.7 Å². The summed E-state index contributed by atoms with van der Waals surface area (Å²) in [6, 6.07) is 12.3. The summed E-state index contributed by atoms with van der Waals surface area (Å²) in [5, 5.41) is 3.76. The normalized spacial score (nSPS) is 11.3. The predicted octanol–water partition coefficient (Wildman–Crippen LogP) is 4.28. The SMILES string of the molecule is COc1cc(/C=C/C(=O)NCCc2nc3ccccc3s2)ccc1OC(F)F. The maximum Gasteiger partial charge on any atom is 0.387 e. The van der Waals surface area contributed by atoms with Crippen molar-refractivity contribution in [1.29, 1.82) is 0 Å². The molecule has 0 saturated heterocycles. The van der Waals surface area contributed by atoms with Crippen LogP contribution in [0.2, 0.25) is 0 Å². The second-order valence-corrected chi connectivity index (χ2v) is 6.85. The highest BCUT2D eigenvalue weighted by molar-refractivity contribution is 7.18. The second kappa shape index (κ2) is 9.27. The molecule has 3 aromatic rings. The van der Waals surface area contributed by atoms with Crippen molar-refractivity contribution >= 4 is 33.5 Å². The minimum absolute atomic E-state index is 0.0602. The molecule has 1 amide bonds. The molecule has 0 fully saturated rings. The number of benzene rings is 2. The number of carbonyl (C=O) groups is 1. The first-order valence-electron chi connectivity index (χ1n) is 8.48. The van der Waals surface area contributed by atoms with Gasteiger partial charge in [-0.1, -0.05) is 18.2 Å². The summed E-state index contributed by atoms with van der Waals surface area (Å²) in [6.45, 7) is -2.47. The quantitative estimate of drug-likeness (QED) is 0.570. The molecule has 0 atom stereocenters. The van der Waals surface area contributed by atoms with Gasteiger partial charge in [0, 0.05) is 19.0 Å². The standard InChI is InChI=1S/C20H18F2N2O3S/c1-26-16-12-13(6-8-15(16)27-20(21)22)7-9-18(25)23-11-10-19-24-14-4-2-3-5-17(14)28-19/h2-9,12,20H,10-11H2,1H3,(H,23,25)/b9-7+. The van der Waals surface area contributed by atoms with Crippen molar-refractivity contribution in [3.63, 3.8) is 0 Å². The van der Waals surface area contributed by atoms with Crippen molar-refractivity contribution in [3.8, 4) is 11.5 Å². The molecule has 0 aliphatic carbocycles. The Morgan fingerprint density at radius 1 is 1.25 bits per heavy atom. The van der Waals surface area contributed by atoms with Gasteiger partial charge in [-0.05, 0) is 35.9 Å². The van der Waals surface area contributed by atoms with E-state index in [1.165, 1.54) is 25.3 Å². The highest BCUT2D eigenvalue weighted by atomic mass is 32.1. The van der Waals surface area contributed by atoms with Crippen LogP contribution in [0.25, 0.3) is 16.3 Å². The molecule has 5 nitrogen and oxygen atoms in total. The molecule has 1 heterocycles. The molecule has 1 aromatic heterocycles. The van der Waals surface area contributed by atoms with Crippen LogP contribution in [0, 0.1) is 0 Å². The Morgan fingerprint density at radius 3 is 2.82 bits per heavy atom. The Hall–Kier alpha value is -3.00. The monoisotopic (exact) mass is 404 g/mol. The topological polar surface area (TPSA) is 60.5 Å². The largest absolute Gasteiger partial charge is 0.493 e. The number of aromatic nitrogens is 1. The van der Waals surface area contributed by atoms with Crippen molar-refractivity contribution in [3.05, 3.63) is 59.1 Å². The third-order valence-electron chi connectivity index (χ3n) is 3.81. The molecule has 0 unspecified atom stereocenters. The number of methoxy groups -OCH3 is 1. The number of para-hydroxylation sites is 1. The molecule has 0 aliphatic rings. The summed E-state index contributed by atoms with van der Waals surface area (Å²) in [5.74, 6) is -0.151. The number of ether oxygens (including phenoxy) is 2. The van der Waals surface area contributed by atoms with Gasteiger partial charge in [0.15, 0.2) is 11.5 Å². The highest BCUT2D eigenvalue weighted by Gasteiger charge is 2.10. The van der Waals surface area contributed by atoms with Crippen LogP contribution in [-0.4, -0.2) is 31.2 Å². The van der Waals surface area contributed by atoms with Gasteiger partial charge in [0.05, 0.1) is 22.3 Å². The minimum Gasteiger partial charge on any atom is -0.493 e. The van der Waals surface area contributed by atoms with Gasteiger partial charge in [-0.25, -0.2) is 4.98 Å². The van der Waals surface area contributed by atoms with Crippen molar-refractivity contribution in [1.82, 2.24) is 10.3 Å². The number of alkyl halides is 2. The van der Waals surface area contributed by atoms with Gasteiger partial charge in [-0.2, -0.15) is 8.78 Å². The molecule has 8 heteroatoms. The van der Waals surface area contributed by atoms with E-state index in [-0.39, 0.29) is 17.4 Å². The zero-order chi connectivity index (χ0) is 19.9. The number of thiazole rings is 1. The van der Waals surface area contributed by atoms with Gasteiger partial charge in [0.2, 0.25) is 5.91 Å². The predicted molar refractivity (Wildman–Crippen MR) is 105 cm³/mol. The first kappa shape index (κ1) is 19.8. The van der Waals surface area contributed by atoms with Crippen LogP contribution in [0.15, 0.2) is 48.5 Å². The fraction of sp³-hybridized carbons (Fsp3) is 0.200. The molecule has 1 N–H and O–H groups in total. The number of hydrogen-bond acceptors (Lipinski definition) is 5. The lowest BCUT2D eigenvalue weighted by atomic mass is 10.2. The van der Waals surface area contributed by atoms with E-state index in [0.717, 1.165) is 15.2 Å². The lowest BCUT2D eigenvalue weighted by Crippen LogP contribution is -2.23. The van der Waals surface area contributed by atoms with Crippen molar-refractivity contribution < 1.29 is 23.0 Å². The molecule has 28 heavy (non-hydrogen) atoms. The van der Waals surface area contributed by atoms with E-state index in [1.54, 1.807) is 23.5 Å². The highest BCUT2D eigenvalue weighted by Crippen LogP contribution is 2.29. The third-order valence-corrected chi connectivity index (χ3v) is 4.90. The number of nitrogens with zero attached hydrogens (tertiary/aromatic N) is 1. The van der Waals surface area contributed by atoms with Crippen molar-refractivity contribution in [2.45, 2.75) is 13.0 Å². The van der Waals surface area contributed by atoms with E-state index in [4.69, 9.17) is 4.74 Å². The molecular weight excluding hydrogens is 386 g/mol. The molecule has 0 bridgehead atoms. The zero-order valence-electron chi connectivity index (χ0n) is 15.0. The van der Waals surface area contributed by atoms with Crippen LogP contribution >= 0.6 is 11.3 Å². The van der Waals surface area contributed by atoms with Crippen LogP contribution < -0.4 is 14.8 Å². The molecule has 146 valence electrons. The van der Waals surface area contributed by atoms with Crippen LogP contribution in [0.4, 0.5) is 8.78 Å². The smallest absolute Gasteiger partial charge is 0.387 e. The van der Waals surface area contributed by atoms with Crippen LogP contribution in [0.3, 0.4) is 0 Å². The summed E-state index contributed by atoms with van der Waals surface area (Å²) in [6.07, 6.45) is 3.59. The fourth-order valence-corrected chi connectivity index (χ4v) is 3.50. The Bertz CT molecular complexity index is 955. The number of nitrogens with one attached hydrogen (secondary N) is 1. The Morgan fingerprint density at radius 2 is 2.07 bits per heavy atom. The van der Waals surface area contributed by atoms with Crippen molar-refractivity contribution in [2.24, 2.45) is 0 Å². The van der Waals surface area contributed by atoms with E-state index in [1.807, 2.05) is 24.3 Å². The van der Waals surface area contributed by atoms with Gasteiger partial charge in [-0.3, -0.25) is 4.79 Å². The van der Waals surface area contributed by atoms with Gasteiger partial charge in [0.1, 0.15) is 0 Å². The van der Waals surface area contributed by atoms with E-state index >= 15 is 0 Å². The van der Waals surface area contributed by atoms with E-state index < -0.39 is 6.61 Å². The number of carbonyl (C=O) groups excluding carboxylic acids is 1. The minimum atomic E-state index is -2.93. The van der Waals surface area contributed by atoms with Crippen LogP contribution in [0.1, 0.15) is 10.6 Å². The van der Waals surface area contributed by atoms with E-state index in [9.17, 15) is 13.6 Å². The molecule has 0 saturated carbocycles. The van der Waals surface area contributed by atoms with Gasteiger partial charge >= 0.3 is 6.61 Å². The van der Waals surface area contributed by atoms with Crippen LogP contribution in [-0.2, 0) is 11.2 Å². The maximum atomic E-state index is 12.3. The molecular formula is C20H18F2N2O3S. The Kier molecular flexibility index (Phi) is 6.54. The lowest BCUT2D eigenvalue weighted by molar-refractivity contribution is -0.116. The summed E-state index contributed by atoms with van der Waals surface area (Å²) in [5.41, 5.74) is 1.58. The fourth-order valence-electron chi connectivity index (χ4n) is 2.53. The first-order valence-corrected chi connectivity index (χ1v) is 9.30. The second-order valence-electron chi connectivity index (χ2n) is 5.74. The Balaban J connectivity index is 1.53. The van der Waals surface area contributed by atoms with Crippen LogP contribution in [0.5, 0.6) is 11.5 Å². The number of halogens is 2. The summed E-state index contributed by atoms with van der Waals surface area (Å²) in [4.78, 5) is 16.5. The number of fused-ring (bicyclic) bond motifs is 1. The molecule has 0 radical (unpaired) electrons. The van der Waals surface area contributed by atoms with E-state index in [0.29, 0.717) is 18.5 Å².